The summed E-state index contributed by atoms with van der Waals surface area (Å²) in [6.07, 6.45) is 0. The number of nitrogens with zero attached hydrogens (tertiary/aromatic N) is 1. The number of aliphatic hydroxyl groups is 1. The Kier molecular flexibility index (Phi) is 2.76. The van der Waals surface area contributed by atoms with Crippen molar-refractivity contribution in [3.05, 3.63) is 29.3 Å². The summed E-state index contributed by atoms with van der Waals surface area (Å²) in [4.78, 5) is 3.97. The first-order valence-corrected chi connectivity index (χ1v) is 3.91. The van der Waals surface area contributed by atoms with Crippen LogP contribution in [-0.2, 0) is 6.61 Å². The largest absolute Gasteiger partial charge is 0.390 e. The molecule has 1 aromatic rings. The molecule has 0 unspecified atom stereocenters. The monoisotopic (exact) mass is 169 g/mol. The van der Waals surface area contributed by atoms with E-state index in [9.17, 15) is 4.39 Å². The Labute approximate surface area is 71.1 Å². The first-order chi connectivity index (χ1) is 5.65. The van der Waals surface area contributed by atoms with Gasteiger partial charge in [0.05, 0.1) is 18.0 Å². The number of aromatic nitrogens is 1. The van der Waals surface area contributed by atoms with Gasteiger partial charge >= 0.3 is 0 Å². The van der Waals surface area contributed by atoms with Gasteiger partial charge in [-0.1, -0.05) is 13.8 Å². The van der Waals surface area contributed by atoms with Crippen LogP contribution in [0.2, 0.25) is 0 Å². The van der Waals surface area contributed by atoms with Gasteiger partial charge in [-0.25, -0.2) is 4.39 Å². The summed E-state index contributed by atoms with van der Waals surface area (Å²) in [7, 11) is 0. The highest BCUT2D eigenvalue weighted by atomic mass is 19.1. The second kappa shape index (κ2) is 3.63. The van der Waals surface area contributed by atoms with Crippen molar-refractivity contribution in [1.82, 2.24) is 4.98 Å². The Morgan fingerprint density at radius 1 is 1.50 bits per heavy atom. The Bertz CT molecular complexity index is 273. The number of hydrogen-bond donors (Lipinski definition) is 1. The molecule has 1 rings (SSSR count). The Morgan fingerprint density at radius 2 is 2.17 bits per heavy atom. The molecule has 0 spiro atoms. The van der Waals surface area contributed by atoms with Gasteiger partial charge in [-0.3, -0.25) is 4.98 Å². The van der Waals surface area contributed by atoms with E-state index >= 15 is 0 Å². The van der Waals surface area contributed by atoms with E-state index in [0.29, 0.717) is 11.4 Å². The quantitative estimate of drug-likeness (QED) is 0.732. The summed E-state index contributed by atoms with van der Waals surface area (Å²) < 4.78 is 13.0. The van der Waals surface area contributed by atoms with Crippen molar-refractivity contribution in [2.24, 2.45) is 0 Å². The first-order valence-electron chi connectivity index (χ1n) is 3.91. The van der Waals surface area contributed by atoms with Crippen LogP contribution in [0.15, 0.2) is 12.1 Å². The van der Waals surface area contributed by atoms with Crippen LogP contribution in [0.25, 0.3) is 0 Å². The molecule has 0 aromatic carbocycles. The predicted octanol–water partition coefficient (Wildman–Crippen LogP) is 1.84. The second-order valence-electron chi connectivity index (χ2n) is 2.98. The smallest absolute Gasteiger partial charge is 0.144 e. The van der Waals surface area contributed by atoms with Gasteiger partial charge in [0.15, 0.2) is 0 Å². The molecule has 0 aliphatic heterocycles. The molecule has 0 bridgehead atoms. The Balaban J connectivity index is 3.08. The van der Waals surface area contributed by atoms with E-state index in [1.807, 2.05) is 13.8 Å². The van der Waals surface area contributed by atoms with Crippen LogP contribution in [0.5, 0.6) is 0 Å². The molecule has 0 radical (unpaired) electrons. The zero-order valence-corrected chi connectivity index (χ0v) is 7.21. The molecule has 0 aliphatic carbocycles. The normalized spacial score (nSPS) is 10.8. The maximum Gasteiger partial charge on any atom is 0.144 e. The van der Waals surface area contributed by atoms with Crippen LogP contribution in [0, 0.1) is 5.82 Å². The number of hydrogen-bond acceptors (Lipinski definition) is 2. The number of pyridine rings is 1. The van der Waals surface area contributed by atoms with Gasteiger partial charge in [-0.05, 0) is 18.1 Å². The minimum atomic E-state index is -0.304. The highest BCUT2D eigenvalue weighted by Gasteiger charge is 2.08. The van der Waals surface area contributed by atoms with Crippen molar-refractivity contribution in [1.29, 1.82) is 0 Å². The molecule has 0 aliphatic rings. The summed E-state index contributed by atoms with van der Waals surface area (Å²) in [5, 5.41) is 8.75. The van der Waals surface area contributed by atoms with Crippen molar-refractivity contribution in [2.75, 3.05) is 0 Å². The van der Waals surface area contributed by atoms with E-state index in [2.05, 4.69) is 4.98 Å². The third kappa shape index (κ3) is 1.80. The van der Waals surface area contributed by atoms with Crippen LogP contribution in [0.3, 0.4) is 0 Å². The van der Waals surface area contributed by atoms with E-state index in [4.69, 9.17) is 5.11 Å². The fourth-order valence-electron chi connectivity index (χ4n) is 0.993. The molecule has 0 saturated carbocycles. The highest BCUT2D eigenvalue weighted by molar-refractivity contribution is 5.15. The molecule has 1 heterocycles. The van der Waals surface area contributed by atoms with Gasteiger partial charge in [0, 0.05) is 0 Å². The molecular weight excluding hydrogens is 157 g/mol. The van der Waals surface area contributed by atoms with Gasteiger partial charge in [-0.2, -0.15) is 0 Å². The third-order valence-electron chi connectivity index (χ3n) is 1.64. The standard InChI is InChI=1S/C9H12FNO/c1-6(2)9-8(10)4-3-7(5-12)11-9/h3-4,6,12H,5H2,1-2H3. The molecule has 0 fully saturated rings. The number of rotatable bonds is 2. The fourth-order valence-corrected chi connectivity index (χ4v) is 0.993. The van der Waals surface area contributed by atoms with Crippen molar-refractivity contribution in [3.8, 4) is 0 Å². The van der Waals surface area contributed by atoms with E-state index < -0.39 is 0 Å². The number of aliphatic hydroxyl groups excluding tert-OH is 1. The van der Waals surface area contributed by atoms with Crippen LogP contribution in [0.4, 0.5) is 4.39 Å². The summed E-state index contributed by atoms with van der Waals surface area (Å²) in [6, 6.07) is 2.83. The lowest BCUT2D eigenvalue weighted by Crippen LogP contribution is -2.00. The van der Waals surface area contributed by atoms with Crippen molar-refractivity contribution in [2.45, 2.75) is 26.4 Å². The minimum absolute atomic E-state index is 0.0523. The SMILES string of the molecule is CC(C)c1nc(CO)ccc1F. The van der Waals surface area contributed by atoms with Crippen LogP contribution in [0.1, 0.15) is 31.2 Å². The van der Waals surface area contributed by atoms with Crippen LogP contribution >= 0.6 is 0 Å². The molecule has 0 atom stereocenters. The molecule has 1 N–H and O–H groups in total. The fraction of sp³-hybridized carbons (Fsp3) is 0.444. The maximum absolute atomic E-state index is 13.0. The first kappa shape index (κ1) is 9.13. The van der Waals surface area contributed by atoms with E-state index in [-0.39, 0.29) is 18.3 Å². The summed E-state index contributed by atoms with van der Waals surface area (Å²) in [6.45, 7) is 3.60. The van der Waals surface area contributed by atoms with Gasteiger partial charge in [0.1, 0.15) is 5.82 Å². The molecule has 2 nitrogen and oxygen atoms in total. The third-order valence-corrected chi connectivity index (χ3v) is 1.64. The second-order valence-corrected chi connectivity index (χ2v) is 2.98. The molecule has 1 aromatic heterocycles. The Hall–Kier alpha value is -0.960. The maximum atomic E-state index is 13.0. The molecule has 3 heteroatoms. The predicted molar refractivity (Wildman–Crippen MR) is 44.2 cm³/mol. The van der Waals surface area contributed by atoms with Crippen LogP contribution < -0.4 is 0 Å². The summed E-state index contributed by atoms with van der Waals surface area (Å²) in [5.74, 6) is -0.251. The lowest BCUT2D eigenvalue weighted by atomic mass is 10.1. The van der Waals surface area contributed by atoms with E-state index in [0.717, 1.165) is 0 Å². The molecule has 12 heavy (non-hydrogen) atoms. The average molecular weight is 169 g/mol. The topological polar surface area (TPSA) is 33.1 Å². The Morgan fingerprint density at radius 3 is 2.67 bits per heavy atom. The summed E-state index contributed by atoms with van der Waals surface area (Å²) in [5.41, 5.74) is 0.932. The zero-order chi connectivity index (χ0) is 9.14. The van der Waals surface area contributed by atoms with Crippen molar-refractivity contribution < 1.29 is 9.50 Å². The van der Waals surface area contributed by atoms with Gasteiger partial charge in [0.25, 0.3) is 0 Å². The lowest BCUT2D eigenvalue weighted by Gasteiger charge is -2.06. The van der Waals surface area contributed by atoms with Crippen molar-refractivity contribution in [3.63, 3.8) is 0 Å². The molecule has 0 saturated heterocycles. The van der Waals surface area contributed by atoms with Gasteiger partial charge < -0.3 is 5.11 Å². The van der Waals surface area contributed by atoms with E-state index in [1.54, 1.807) is 0 Å². The lowest BCUT2D eigenvalue weighted by molar-refractivity contribution is 0.276. The average Bonchev–Trinajstić information content (AvgIpc) is 2.05. The van der Waals surface area contributed by atoms with E-state index in [1.165, 1.54) is 12.1 Å². The highest BCUT2D eigenvalue weighted by Crippen LogP contribution is 2.15. The van der Waals surface area contributed by atoms with Crippen LogP contribution in [-0.4, -0.2) is 10.1 Å². The van der Waals surface area contributed by atoms with Gasteiger partial charge in [-0.15, -0.1) is 0 Å². The van der Waals surface area contributed by atoms with Crippen molar-refractivity contribution >= 4 is 0 Å². The molecule has 0 amide bonds. The summed E-state index contributed by atoms with van der Waals surface area (Å²) >= 11 is 0. The molecule has 66 valence electrons. The minimum Gasteiger partial charge on any atom is -0.390 e. The molecular formula is C9H12FNO. The zero-order valence-electron chi connectivity index (χ0n) is 7.21. The number of halogens is 1. The van der Waals surface area contributed by atoms with Gasteiger partial charge in [0.2, 0.25) is 0 Å².